The fraction of sp³-hybridized carbons (Fsp3) is 0.857. The van der Waals surface area contributed by atoms with Crippen LogP contribution in [-0.4, -0.2) is 32.0 Å². The average Bonchev–Trinajstić information content (AvgIpc) is 2.37. The van der Waals surface area contributed by atoms with Crippen LogP contribution in [0.4, 0.5) is 0 Å². The van der Waals surface area contributed by atoms with E-state index in [9.17, 15) is 4.79 Å². The molecular weight excluding hydrogens is 128 g/mol. The second-order valence-electron chi connectivity index (χ2n) is 2.74. The van der Waals surface area contributed by atoms with Crippen LogP contribution in [0, 0.1) is 0 Å². The van der Waals surface area contributed by atoms with Gasteiger partial charge in [0.25, 0.3) is 0 Å². The molecule has 2 N–H and O–H groups in total. The Balaban J connectivity index is 2.21. The second kappa shape index (κ2) is 3.68. The SMILES string of the molecule is CNC[C@@H]1CCC(C=O)N1. The number of aldehydes is 1. The summed E-state index contributed by atoms with van der Waals surface area (Å²) < 4.78 is 0. The number of carbonyl (C=O) groups excluding carboxylic acids is 1. The summed E-state index contributed by atoms with van der Waals surface area (Å²) >= 11 is 0. The van der Waals surface area contributed by atoms with Crippen LogP contribution >= 0.6 is 0 Å². The Bertz CT molecular complexity index is 116. The van der Waals surface area contributed by atoms with E-state index < -0.39 is 0 Å². The maximum Gasteiger partial charge on any atom is 0.136 e. The topological polar surface area (TPSA) is 41.1 Å². The zero-order valence-corrected chi connectivity index (χ0v) is 6.26. The summed E-state index contributed by atoms with van der Waals surface area (Å²) in [5.74, 6) is 0. The highest BCUT2D eigenvalue weighted by Gasteiger charge is 2.21. The molecule has 1 fully saturated rings. The molecule has 1 unspecified atom stereocenters. The summed E-state index contributed by atoms with van der Waals surface area (Å²) in [7, 11) is 1.93. The Kier molecular flexibility index (Phi) is 2.83. The normalized spacial score (nSPS) is 32.5. The number of hydrogen-bond donors (Lipinski definition) is 2. The summed E-state index contributed by atoms with van der Waals surface area (Å²) in [6.45, 7) is 0.963. The lowest BCUT2D eigenvalue weighted by Crippen LogP contribution is -2.36. The number of likely N-dealkylation sites (N-methyl/N-ethyl adjacent to an activating group) is 1. The molecule has 3 nitrogen and oxygen atoms in total. The van der Waals surface area contributed by atoms with Crippen molar-refractivity contribution < 1.29 is 4.79 Å². The lowest BCUT2D eigenvalue weighted by Gasteiger charge is -2.08. The molecule has 0 aromatic heterocycles. The average molecular weight is 142 g/mol. The number of rotatable bonds is 3. The van der Waals surface area contributed by atoms with E-state index in [0.717, 1.165) is 25.7 Å². The van der Waals surface area contributed by atoms with Gasteiger partial charge in [-0.2, -0.15) is 0 Å². The molecule has 10 heavy (non-hydrogen) atoms. The molecule has 0 radical (unpaired) electrons. The van der Waals surface area contributed by atoms with Gasteiger partial charge in [0, 0.05) is 12.6 Å². The monoisotopic (exact) mass is 142 g/mol. The first kappa shape index (κ1) is 7.69. The Morgan fingerprint density at radius 1 is 1.70 bits per heavy atom. The summed E-state index contributed by atoms with van der Waals surface area (Å²) in [4.78, 5) is 10.3. The predicted molar refractivity (Wildman–Crippen MR) is 39.9 cm³/mol. The smallest absolute Gasteiger partial charge is 0.136 e. The lowest BCUT2D eigenvalue weighted by molar-refractivity contribution is -0.109. The third-order valence-corrected chi connectivity index (χ3v) is 1.89. The maximum atomic E-state index is 10.3. The van der Waals surface area contributed by atoms with Gasteiger partial charge in [0.15, 0.2) is 0 Å². The van der Waals surface area contributed by atoms with E-state index in [-0.39, 0.29) is 6.04 Å². The second-order valence-corrected chi connectivity index (χ2v) is 2.74. The molecule has 0 aromatic carbocycles. The maximum absolute atomic E-state index is 10.3. The fourth-order valence-electron chi connectivity index (χ4n) is 1.36. The zero-order chi connectivity index (χ0) is 7.40. The highest BCUT2D eigenvalue weighted by Crippen LogP contribution is 2.09. The molecule has 0 aromatic rings. The van der Waals surface area contributed by atoms with Gasteiger partial charge in [-0.25, -0.2) is 0 Å². The molecule has 0 spiro atoms. The van der Waals surface area contributed by atoms with Gasteiger partial charge in [-0.15, -0.1) is 0 Å². The van der Waals surface area contributed by atoms with Gasteiger partial charge in [0.1, 0.15) is 6.29 Å². The molecule has 0 saturated carbocycles. The van der Waals surface area contributed by atoms with E-state index in [0.29, 0.717) is 6.04 Å². The Hall–Kier alpha value is -0.410. The van der Waals surface area contributed by atoms with Crippen LogP contribution in [-0.2, 0) is 4.79 Å². The van der Waals surface area contributed by atoms with Gasteiger partial charge >= 0.3 is 0 Å². The first-order valence-electron chi connectivity index (χ1n) is 3.72. The molecule has 0 aliphatic carbocycles. The first-order chi connectivity index (χ1) is 4.86. The van der Waals surface area contributed by atoms with Crippen LogP contribution < -0.4 is 10.6 Å². The molecule has 1 rings (SSSR count). The zero-order valence-electron chi connectivity index (χ0n) is 6.26. The van der Waals surface area contributed by atoms with Gasteiger partial charge in [-0.3, -0.25) is 0 Å². The Labute approximate surface area is 61.2 Å². The largest absolute Gasteiger partial charge is 0.318 e. The van der Waals surface area contributed by atoms with Crippen LogP contribution in [0.2, 0.25) is 0 Å². The number of nitrogens with one attached hydrogen (secondary N) is 2. The summed E-state index contributed by atoms with van der Waals surface area (Å²) in [5.41, 5.74) is 0. The van der Waals surface area contributed by atoms with Crippen molar-refractivity contribution in [1.82, 2.24) is 10.6 Å². The molecule has 3 heteroatoms. The van der Waals surface area contributed by atoms with Crippen molar-refractivity contribution in [3.63, 3.8) is 0 Å². The number of carbonyl (C=O) groups is 1. The lowest BCUT2D eigenvalue weighted by atomic mass is 10.2. The Morgan fingerprint density at radius 3 is 3.00 bits per heavy atom. The molecule has 58 valence electrons. The van der Waals surface area contributed by atoms with Gasteiger partial charge in [-0.1, -0.05) is 0 Å². The molecule has 1 aliphatic heterocycles. The van der Waals surface area contributed by atoms with Crippen LogP contribution in [0.15, 0.2) is 0 Å². The van der Waals surface area contributed by atoms with E-state index in [1.165, 1.54) is 0 Å². The van der Waals surface area contributed by atoms with Crippen molar-refractivity contribution in [2.45, 2.75) is 24.9 Å². The van der Waals surface area contributed by atoms with E-state index in [1.54, 1.807) is 0 Å². The van der Waals surface area contributed by atoms with Gasteiger partial charge in [-0.05, 0) is 19.9 Å². The van der Waals surface area contributed by atoms with E-state index in [4.69, 9.17) is 0 Å². The summed E-state index contributed by atoms with van der Waals surface area (Å²) in [6, 6.07) is 0.610. The molecule has 1 saturated heterocycles. The van der Waals surface area contributed by atoms with Crippen LogP contribution in [0.5, 0.6) is 0 Å². The van der Waals surface area contributed by atoms with E-state index >= 15 is 0 Å². The standard InChI is InChI=1S/C7H14N2O/c1-8-4-6-2-3-7(5-10)9-6/h5-9H,2-4H2,1H3/t6-,7?/m0/s1. The first-order valence-corrected chi connectivity index (χ1v) is 3.72. The number of hydrogen-bond acceptors (Lipinski definition) is 3. The minimum absolute atomic E-state index is 0.110. The minimum Gasteiger partial charge on any atom is -0.318 e. The molecule has 2 atom stereocenters. The highest BCUT2D eigenvalue weighted by atomic mass is 16.1. The van der Waals surface area contributed by atoms with Crippen molar-refractivity contribution in [2.24, 2.45) is 0 Å². The molecule has 0 bridgehead atoms. The van der Waals surface area contributed by atoms with Crippen LogP contribution in [0.1, 0.15) is 12.8 Å². The summed E-state index contributed by atoms with van der Waals surface area (Å²) in [6.07, 6.45) is 3.11. The predicted octanol–water partition coefficient (Wildman–Crippen LogP) is -0.475. The van der Waals surface area contributed by atoms with Crippen molar-refractivity contribution in [1.29, 1.82) is 0 Å². The van der Waals surface area contributed by atoms with Gasteiger partial charge in [0.05, 0.1) is 6.04 Å². The van der Waals surface area contributed by atoms with Crippen LogP contribution in [0.25, 0.3) is 0 Å². The minimum atomic E-state index is 0.110. The highest BCUT2D eigenvalue weighted by molar-refractivity contribution is 5.58. The van der Waals surface area contributed by atoms with E-state index in [1.807, 2.05) is 7.05 Å². The third-order valence-electron chi connectivity index (χ3n) is 1.89. The third kappa shape index (κ3) is 1.78. The van der Waals surface area contributed by atoms with Crippen molar-refractivity contribution in [3.8, 4) is 0 Å². The van der Waals surface area contributed by atoms with Crippen molar-refractivity contribution in [2.75, 3.05) is 13.6 Å². The van der Waals surface area contributed by atoms with Crippen LogP contribution in [0.3, 0.4) is 0 Å². The molecular formula is C7H14N2O. The quantitative estimate of drug-likeness (QED) is 0.523. The summed E-state index contributed by atoms with van der Waals surface area (Å²) in [5, 5.41) is 6.29. The van der Waals surface area contributed by atoms with Gasteiger partial charge < -0.3 is 15.4 Å². The molecule has 0 amide bonds. The van der Waals surface area contributed by atoms with Gasteiger partial charge in [0.2, 0.25) is 0 Å². The Morgan fingerprint density at radius 2 is 2.50 bits per heavy atom. The molecule has 1 aliphatic rings. The van der Waals surface area contributed by atoms with Crippen molar-refractivity contribution >= 4 is 6.29 Å². The van der Waals surface area contributed by atoms with Crippen molar-refractivity contribution in [3.05, 3.63) is 0 Å². The molecule has 1 heterocycles. The van der Waals surface area contributed by atoms with E-state index in [2.05, 4.69) is 10.6 Å². The fourth-order valence-corrected chi connectivity index (χ4v) is 1.36.